The molecule has 0 aliphatic carbocycles. The smallest absolute Gasteiger partial charge is 0.251 e. The van der Waals surface area contributed by atoms with E-state index in [1.54, 1.807) is 31.4 Å². The normalized spacial score (nSPS) is 16.7. The van der Waals surface area contributed by atoms with Gasteiger partial charge in [0.25, 0.3) is 5.91 Å². The molecule has 1 fully saturated rings. The Morgan fingerprint density at radius 3 is 2.17 bits per heavy atom. The molecule has 1 aliphatic heterocycles. The average molecular weight is 418 g/mol. The lowest BCUT2D eigenvalue weighted by Crippen LogP contribution is -2.55. The SMILES string of the molecule is CCC(=O)N1CCC([C@@H](NC(=O)c2ccc(OC)cc2)C(=O)N[C@H](C)C(C)C)CC1. The highest BCUT2D eigenvalue weighted by molar-refractivity contribution is 5.97. The van der Waals surface area contributed by atoms with Gasteiger partial charge in [-0.05, 0) is 55.9 Å². The maximum Gasteiger partial charge on any atom is 0.251 e. The summed E-state index contributed by atoms with van der Waals surface area (Å²) < 4.78 is 5.14. The monoisotopic (exact) mass is 417 g/mol. The van der Waals surface area contributed by atoms with Crippen molar-refractivity contribution < 1.29 is 19.1 Å². The van der Waals surface area contributed by atoms with Crippen molar-refractivity contribution in [3.63, 3.8) is 0 Å². The number of nitrogens with one attached hydrogen (secondary N) is 2. The number of piperidine rings is 1. The van der Waals surface area contributed by atoms with Crippen LogP contribution in [0.1, 0.15) is 57.3 Å². The molecule has 0 bridgehead atoms. The molecular weight excluding hydrogens is 382 g/mol. The van der Waals surface area contributed by atoms with Gasteiger partial charge in [0.1, 0.15) is 11.8 Å². The largest absolute Gasteiger partial charge is 0.497 e. The predicted octanol–water partition coefficient (Wildman–Crippen LogP) is 2.60. The van der Waals surface area contributed by atoms with Crippen LogP contribution < -0.4 is 15.4 Å². The zero-order chi connectivity index (χ0) is 22.3. The van der Waals surface area contributed by atoms with E-state index in [0.717, 1.165) is 0 Å². The van der Waals surface area contributed by atoms with Crippen LogP contribution in [0.15, 0.2) is 24.3 Å². The molecule has 1 aromatic carbocycles. The molecule has 0 radical (unpaired) electrons. The number of hydrogen-bond acceptors (Lipinski definition) is 4. The number of hydrogen-bond donors (Lipinski definition) is 2. The molecule has 0 saturated carbocycles. The van der Waals surface area contributed by atoms with E-state index in [1.165, 1.54) is 0 Å². The summed E-state index contributed by atoms with van der Waals surface area (Å²) in [5.74, 6) is 0.605. The minimum absolute atomic E-state index is 0.000327. The van der Waals surface area contributed by atoms with E-state index >= 15 is 0 Å². The summed E-state index contributed by atoms with van der Waals surface area (Å²) in [4.78, 5) is 39.7. The van der Waals surface area contributed by atoms with Gasteiger partial charge < -0.3 is 20.3 Å². The van der Waals surface area contributed by atoms with Gasteiger partial charge in [-0.3, -0.25) is 14.4 Å². The van der Waals surface area contributed by atoms with Crippen LogP contribution in [-0.2, 0) is 9.59 Å². The fraction of sp³-hybridized carbons (Fsp3) is 0.609. The van der Waals surface area contributed by atoms with E-state index < -0.39 is 6.04 Å². The third-order valence-electron chi connectivity index (χ3n) is 5.96. The number of rotatable bonds is 8. The van der Waals surface area contributed by atoms with Gasteiger partial charge in [-0.1, -0.05) is 20.8 Å². The topological polar surface area (TPSA) is 87.7 Å². The van der Waals surface area contributed by atoms with Crippen LogP contribution in [0.3, 0.4) is 0 Å². The number of benzene rings is 1. The predicted molar refractivity (Wildman–Crippen MR) is 116 cm³/mol. The first-order valence-corrected chi connectivity index (χ1v) is 10.8. The number of amides is 3. The van der Waals surface area contributed by atoms with E-state index in [0.29, 0.717) is 43.7 Å². The van der Waals surface area contributed by atoms with Crippen LogP contribution in [0.2, 0.25) is 0 Å². The minimum atomic E-state index is -0.639. The van der Waals surface area contributed by atoms with Crippen molar-refractivity contribution >= 4 is 17.7 Å². The third kappa shape index (κ3) is 6.21. The molecule has 7 nitrogen and oxygen atoms in total. The molecule has 1 saturated heterocycles. The summed E-state index contributed by atoms with van der Waals surface area (Å²) in [7, 11) is 1.57. The maximum absolute atomic E-state index is 13.1. The van der Waals surface area contributed by atoms with Gasteiger partial charge in [0, 0.05) is 31.1 Å². The van der Waals surface area contributed by atoms with Gasteiger partial charge in [-0.15, -0.1) is 0 Å². The number of methoxy groups -OCH3 is 1. The Bertz CT molecular complexity index is 724. The summed E-state index contributed by atoms with van der Waals surface area (Å²) in [5.41, 5.74) is 0.476. The highest BCUT2D eigenvalue weighted by Crippen LogP contribution is 2.23. The highest BCUT2D eigenvalue weighted by atomic mass is 16.5. The number of nitrogens with zero attached hydrogens (tertiary/aromatic N) is 1. The summed E-state index contributed by atoms with van der Waals surface area (Å²) in [5, 5.41) is 5.99. The minimum Gasteiger partial charge on any atom is -0.497 e. The van der Waals surface area contributed by atoms with Crippen LogP contribution >= 0.6 is 0 Å². The van der Waals surface area contributed by atoms with Crippen molar-refractivity contribution in [3.05, 3.63) is 29.8 Å². The molecule has 3 amide bonds. The van der Waals surface area contributed by atoms with Gasteiger partial charge in [0.05, 0.1) is 7.11 Å². The van der Waals surface area contributed by atoms with Crippen LogP contribution in [0.25, 0.3) is 0 Å². The van der Waals surface area contributed by atoms with E-state index in [2.05, 4.69) is 10.6 Å². The first-order chi connectivity index (χ1) is 14.3. The maximum atomic E-state index is 13.1. The molecule has 0 aromatic heterocycles. The number of carbonyl (C=O) groups is 3. The molecule has 1 heterocycles. The molecule has 7 heteroatoms. The zero-order valence-electron chi connectivity index (χ0n) is 18.7. The molecule has 2 rings (SSSR count). The number of likely N-dealkylation sites (tertiary alicyclic amines) is 1. The second-order valence-electron chi connectivity index (χ2n) is 8.29. The lowest BCUT2D eigenvalue weighted by atomic mass is 9.88. The van der Waals surface area contributed by atoms with Crippen LogP contribution in [0.5, 0.6) is 5.75 Å². The molecule has 1 aliphatic rings. The molecule has 1 aromatic rings. The van der Waals surface area contributed by atoms with Gasteiger partial charge in [-0.2, -0.15) is 0 Å². The Labute approximate surface area is 179 Å². The van der Waals surface area contributed by atoms with Crippen LogP contribution in [-0.4, -0.2) is 54.9 Å². The summed E-state index contributed by atoms with van der Waals surface area (Å²) in [6, 6.07) is 6.17. The van der Waals surface area contributed by atoms with Gasteiger partial charge in [0.2, 0.25) is 11.8 Å². The Morgan fingerprint density at radius 2 is 1.67 bits per heavy atom. The van der Waals surface area contributed by atoms with Crippen molar-refractivity contribution in [2.24, 2.45) is 11.8 Å². The molecule has 166 valence electrons. The number of ether oxygens (including phenoxy) is 1. The lowest BCUT2D eigenvalue weighted by Gasteiger charge is -2.36. The summed E-state index contributed by atoms with van der Waals surface area (Å²) in [6.07, 6.45) is 1.85. The molecular formula is C23H35N3O4. The van der Waals surface area contributed by atoms with Crippen molar-refractivity contribution in [2.45, 2.75) is 59.0 Å². The summed E-state index contributed by atoms with van der Waals surface area (Å²) in [6.45, 7) is 9.13. The van der Waals surface area contributed by atoms with Crippen LogP contribution in [0, 0.1) is 11.8 Å². The Morgan fingerprint density at radius 1 is 1.07 bits per heavy atom. The average Bonchev–Trinajstić information content (AvgIpc) is 2.76. The zero-order valence-corrected chi connectivity index (χ0v) is 18.7. The van der Waals surface area contributed by atoms with E-state index in [1.807, 2.05) is 32.6 Å². The molecule has 30 heavy (non-hydrogen) atoms. The molecule has 0 unspecified atom stereocenters. The second-order valence-corrected chi connectivity index (χ2v) is 8.29. The second kappa shape index (κ2) is 11.0. The first kappa shape index (κ1) is 23.7. The molecule has 0 spiro atoms. The Balaban J connectivity index is 2.13. The van der Waals surface area contributed by atoms with Crippen molar-refractivity contribution in [1.82, 2.24) is 15.5 Å². The van der Waals surface area contributed by atoms with Crippen LogP contribution in [0.4, 0.5) is 0 Å². The quantitative estimate of drug-likeness (QED) is 0.681. The lowest BCUT2D eigenvalue weighted by molar-refractivity contribution is -0.132. The molecule has 2 atom stereocenters. The first-order valence-electron chi connectivity index (χ1n) is 10.8. The van der Waals surface area contributed by atoms with Gasteiger partial charge in [0.15, 0.2) is 0 Å². The Hall–Kier alpha value is -2.57. The van der Waals surface area contributed by atoms with Crippen molar-refractivity contribution in [3.8, 4) is 5.75 Å². The Kier molecular flexibility index (Phi) is 8.69. The van der Waals surface area contributed by atoms with E-state index in [-0.39, 0.29) is 35.6 Å². The van der Waals surface area contributed by atoms with Crippen molar-refractivity contribution in [2.75, 3.05) is 20.2 Å². The van der Waals surface area contributed by atoms with Gasteiger partial charge >= 0.3 is 0 Å². The van der Waals surface area contributed by atoms with E-state index in [9.17, 15) is 14.4 Å². The summed E-state index contributed by atoms with van der Waals surface area (Å²) >= 11 is 0. The number of carbonyl (C=O) groups excluding carboxylic acids is 3. The van der Waals surface area contributed by atoms with Crippen molar-refractivity contribution in [1.29, 1.82) is 0 Å². The highest BCUT2D eigenvalue weighted by Gasteiger charge is 2.34. The standard InChI is InChI=1S/C23H35N3O4/c1-6-20(27)26-13-11-17(12-14-26)21(23(29)24-16(4)15(2)3)25-22(28)18-7-9-19(30-5)10-8-18/h7-10,15-17,21H,6,11-14H2,1-5H3,(H,24,29)(H,25,28)/t16-,21-/m1/s1. The molecule has 2 N–H and O–H groups in total. The van der Waals surface area contributed by atoms with Gasteiger partial charge in [-0.25, -0.2) is 0 Å². The fourth-order valence-corrected chi connectivity index (χ4v) is 3.55. The third-order valence-corrected chi connectivity index (χ3v) is 5.96. The fourth-order valence-electron chi connectivity index (χ4n) is 3.55. The van der Waals surface area contributed by atoms with E-state index in [4.69, 9.17) is 4.74 Å².